The molecule has 6 heterocycles. The fraction of sp³-hybridized carbons (Fsp3) is 0. The number of rotatable bonds is 4. The molecule has 0 fully saturated rings. The molecule has 2 aromatic heterocycles. The molecule has 6 rings (SSSR count). The van der Waals surface area contributed by atoms with Crippen LogP contribution >= 0.6 is 0 Å². The first-order chi connectivity index (χ1) is 17.7. The molecule has 172 valence electrons. The van der Waals surface area contributed by atoms with Gasteiger partial charge in [0.1, 0.15) is 17.1 Å². The van der Waals surface area contributed by atoms with E-state index in [1.807, 2.05) is 70.8 Å². The molecule has 0 aromatic carbocycles. The van der Waals surface area contributed by atoms with Gasteiger partial charge in [0, 0.05) is 48.3 Å². The summed E-state index contributed by atoms with van der Waals surface area (Å²) in [6.07, 6.45) is 22.1. The molecule has 2 aromatic rings. The van der Waals surface area contributed by atoms with Crippen LogP contribution in [0.5, 0.6) is 0 Å². The zero-order chi connectivity index (χ0) is 24.5. The summed E-state index contributed by atoms with van der Waals surface area (Å²) in [6.45, 7) is 7.86. The standard InChI is InChI=1S/C28H20N8/c1-3-35-13-9-22-20(7-5-11-29-22)26(35)15-19-17-32-28-24(33-34-25(28)18-31-19)16-27-21-8-6-12-30-23(21)10-14-36(27)4-2/h3-18H,1-2H2/b26-15+,27-16+. The summed E-state index contributed by atoms with van der Waals surface area (Å²) in [5, 5.41) is 8.69. The maximum absolute atomic E-state index is 4.72. The molecule has 0 N–H and O–H groups in total. The van der Waals surface area contributed by atoms with Gasteiger partial charge >= 0.3 is 0 Å². The van der Waals surface area contributed by atoms with Crippen LogP contribution in [0, 0.1) is 0 Å². The molecule has 0 saturated carbocycles. The van der Waals surface area contributed by atoms with Crippen LogP contribution in [0.15, 0.2) is 87.0 Å². The highest BCUT2D eigenvalue weighted by Crippen LogP contribution is 2.32. The summed E-state index contributed by atoms with van der Waals surface area (Å²) in [6, 6.07) is 7.86. The summed E-state index contributed by atoms with van der Waals surface area (Å²) in [5.41, 5.74) is 8.07. The highest BCUT2D eigenvalue weighted by atomic mass is 15.2. The van der Waals surface area contributed by atoms with Gasteiger partial charge in [0.15, 0.2) is 0 Å². The zero-order valence-electron chi connectivity index (χ0n) is 19.2. The van der Waals surface area contributed by atoms with Crippen molar-refractivity contribution in [3.05, 3.63) is 121 Å². The van der Waals surface area contributed by atoms with Gasteiger partial charge < -0.3 is 9.80 Å². The van der Waals surface area contributed by atoms with E-state index in [1.165, 1.54) is 0 Å². The molecule has 4 aliphatic heterocycles. The Hall–Kier alpha value is -5.24. The Morgan fingerprint density at radius 1 is 0.694 bits per heavy atom. The summed E-state index contributed by atoms with van der Waals surface area (Å²) in [5.74, 6) is 0. The van der Waals surface area contributed by atoms with Crippen LogP contribution in [0.3, 0.4) is 0 Å². The second-order valence-corrected chi connectivity index (χ2v) is 8.00. The first kappa shape index (κ1) is 21.3. The lowest BCUT2D eigenvalue weighted by Gasteiger charge is -2.24. The van der Waals surface area contributed by atoms with Crippen LogP contribution in [0.4, 0.5) is 0 Å². The molecule has 36 heavy (non-hydrogen) atoms. The molecule has 0 atom stereocenters. The lowest BCUT2D eigenvalue weighted by molar-refractivity contribution is 0.726. The van der Waals surface area contributed by atoms with Gasteiger partial charge in [-0.15, -0.1) is 10.2 Å². The van der Waals surface area contributed by atoms with Crippen molar-refractivity contribution in [2.24, 2.45) is 0 Å². The fourth-order valence-corrected chi connectivity index (χ4v) is 4.19. The van der Waals surface area contributed by atoms with Gasteiger partial charge in [-0.05, 0) is 48.6 Å². The first-order valence-electron chi connectivity index (χ1n) is 11.3. The number of aromatic nitrogens is 6. The van der Waals surface area contributed by atoms with Crippen molar-refractivity contribution in [2.75, 3.05) is 0 Å². The second kappa shape index (κ2) is 8.84. The normalized spacial score (nSPS) is 16.3. The quantitative estimate of drug-likeness (QED) is 0.413. The molecule has 0 aliphatic carbocycles. The molecule has 0 spiro atoms. The average molecular weight is 469 g/mol. The molecule has 0 unspecified atom stereocenters. The van der Waals surface area contributed by atoms with E-state index in [9.17, 15) is 0 Å². The maximum atomic E-state index is 4.72. The largest absolute Gasteiger partial charge is 0.324 e. The van der Waals surface area contributed by atoms with Crippen LogP contribution in [-0.2, 0) is 0 Å². The topological polar surface area (TPSA) is 83.8 Å². The number of nitrogens with zero attached hydrogens (tertiary/aromatic N) is 8. The Morgan fingerprint density at radius 3 is 1.97 bits per heavy atom. The molecule has 0 amide bonds. The summed E-state index contributed by atoms with van der Waals surface area (Å²) in [7, 11) is 0. The number of hydrogen-bond donors (Lipinski definition) is 0. The highest BCUT2D eigenvalue weighted by Gasteiger charge is 2.20. The van der Waals surface area contributed by atoms with Gasteiger partial charge in [0.2, 0.25) is 0 Å². The van der Waals surface area contributed by atoms with E-state index in [0.717, 1.165) is 33.9 Å². The van der Waals surface area contributed by atoms with Gasteiger partial charge in [0.25, 0.3) is 0 Å². The summed E-state index contributed by atoms with van der Waals surface area (Å²) in [4.78, 5) is 22.1. The van der Waals surface area contributed by atoms with Gasteiger partial charge in [-0.25, -0.2) is 4.98 Å². The molecular weight excluding hydrogens is 448 g/mol. The summed E-state index contributed by atoms with van der Waals surface area (Å²) < 4.78 is 0. The van der Waals surface area contributed by atoms with Crippen LogP contribution in [0.2, 0.25) is 0 Å². The van der Waals surface area contributed by atoms with Crippen molar-refractivity contribution in [3.8, 4) is 11.4 Å². The Bertz CT molecular complexity index is 1600. The fourth-order valence-electron chi connectivity index (χ4n) is 4.19. The van der Waals surface area contributed by atoms with E-state index in [0.29, 0.717) is 22.8 Å². The minimum absolute atomic E-state index is 0.598. The smallest absolute Gasteiger partial charge is 0.132 e. The van der Waals surface area contributed by atoms with Crippen LogP contribution in [-0.4, -0.2) is 39.9 Å². The Kier molecular flexibility index (Phi) is 5.23. The van der Waals surface area contributed by atoms with Crippen LogP contribution in [0.1, 0.15) is 33.9 Å². The molecular formula is C28H20N8. The molecule has 0 bridgehead atoms. The summed E-state index contributed by atoms with van der Waals surface area (Å²) >= 11 is 0. The van der Waals surface area contributed by atoms with Crippen molar-refractivity contribution >= 4 is 35.7 Å². The third-order valence-corrected chi connectivity index (χ3v) is 5.94. The molecule has 4 aliphatic rings. The molecule has 8 nitrogen and oxygen atoms in total. The Balaban J connectivity index is 1.43. The van der Waals surface area contributed by atoms with Crippen molar-refractivity contribution in [3.63, 3.8) is 0 Å². The predicted octanol–water partition coefficient (Wildman–Crippen LogP) is 5.02. The van der Waals surface area contributed by atoms with Crippen LogP contribution < -0.4 is 0 Å². The maximum Gasteiger partial charge on any atom is 0.132 e. The first-order valence-corrected chi connectivity index (χ1v) is 11.3. The average Bonchev–Trinajstić information content (AvgIpc) is 3.19. The number of pyridine rings is 2. The van der Waals surface area contributed by atoms with E-state index >= 15 is 0 Å². The van der Waals surface area contributed by atoms with Crippen molar-refractivity contribution in [1.82, 2.24) is 39.9 Å². The third-order valence-electron chi connectivity index (χ3n) is 5.94. The van der Waals surface area contributed by atoms with E-state index in [-0.39, 0.29) is 0 Å². The Labute approximate surface area is 208 Å². The van der Waals surface area contributed by atoms with Crippen molar-refractivity contribution in [2.45, 2.75) is 0 Å². The zero-order valence-corrected chi connectivity index (χ0v) is 19.2. The molecule has 8 heteroatoms. The van der Waals surface area contributed by atoms with E-state index in [1.54, 1.807) is 37.2 Å². The predicted molar refractivity (Wildman–Crippen MR) is 141 cm³/mol. The lowest BCUT2D eigenvalue weighted by Crippen LogP contribution is -2.13. The molecule has 0 radical (unpaired) electrons. The van der Waals surface area contributed by atoms with Crippen molar-refractivity contribution in [1.29, 1.82) is 0 Å². The third kappa shape index (κ3) is 3.67. The van der Waals surface area contributed by atoms with Gasteiger partial charge in [0.05, 0.1) is 40.9 Å². The van der Waals surface area contributed by atoms with E-state index in [2.05, 4.69) is 38.3 Å². The number of fused-ring (bicyclic) bond motifs is 3. The monoisotopic (exact) mass is 468 g/mol. The molecule has 0 saturated heterocycles. The minimum atomic E-state index is 0.598. The second-order valence-electron chi connectivity index (χ2n) is 8.00. The van der Waals surface area contributed by atoms with Crippen molar-refractivity contribution < 1.29 is 0 Å². The highest BCUT2D eigenvalue weighted by molar-refractivity contribution is 5.89. The van der Waals surface area contributed by atoms with Gasteiger partial charge in [-0.3, -0.25) is 15.0 Å². The lowest BCUT2D eigenvalue weighted by atomic mass is 10.0. The minimum Gasteiger partial charge on any atom is -0.324 e. The Morgan fingerprint density at radius 2 is 1.33 bits per heavy atom. The van der Waals surface area contributed by atoms with E-state index in [4.69, 9.17) is 4.98 Å². The van der Waals surface area contributed by atoms with Crippen LogP contribution in [0.25, 0.3) is 47.1 Å². The SMILES string of the molecule is C=CN1C=Cc2ncccc2/C1=C\c1cnc2c(/C=C3\c4cccnc4C=CN3C=C)nnc-2cn1. The van der Waals surface area contributed by atoms with Gasteiger partial charge in [-0.2, -0.15) is 0 Å². The van der Waals surface area contributed by atoms with E-state index < -0.39 is 0 Å². The van der Waals surface area contributed by atoms with Gasteiger partial charge in [-0.1, -0.05) is 13.2 Å². The number of hydrogen-bond acceptors (Lipinski definition) is 8.